The van der Waals surface area contributed by atoms with Crippen LogP contribution in [-0.4, -0.2) is 96.7 Å². The molecule has 0 aromatic rings. The molecule has 0 aromatic heterocycles. The van der Waals surface area contributed by atoms with Gasteiger partial charge in [0.05, 0.1) is 26.4 Å². The van der Waals surface area contributed by atoms with Crippen molar-refractivity contribution in [2.75, 3.05) is 39.6 Å². The van der Waals surface area contributed by atoms with Gasteiger partial charge in [-0.05, 0) is 173 Å². The van der Waals surface area contributed by atoms with Gasteiger partial charge in [-0.25, -0.2) is 9.13 Å². The molecular weight excluding hydrogens is 1380 g/mol. The van der Waals surface area contributed by atoms with Crippen LogP contribution in [-0.2, 0) is 65.4 Å². The Balaban J connectivity index is 5.49. The predicted octanol–water partition coefficient (Wildman–Crippen LogP) is 23.6. The van der Waals surface area contributed by atoms with Gasteiger partial charge in [0.1, 0.15) is 19.3 Å². The Morgan fingerprint density at radius 3 is 0.811 bits per heavy atom. The maximum Gasteiger partial charge on any atom is 0.472 e. The van der Waals surface area contributed by atoms with Gasteiger partial charge in [-0.15, -0.1) is 0 Å². The third-order valence-corrected chi connectivity index (χ3v) is 17.7. The molecule has 0 heterocycles. The lowest BCUT2D eigenvalue weighted by Crippen LogP contribution is -2.30. The van der Waals surface area contributed by atoms with E-state index < -0.39 is 97.5 Å². The van der Waals surface area contributed by atoms with E-state index in [1.165, 1.54) is 25.7 Å². The first-order valence-electron chi connectivity index (χ1n) is 40.0. The molecular formula is C87H140O17P2. The number of allylic oxidation sites excluding steroid dienone is 30. The van der Waals surface area contributed by atoms with E-state index in [1.54, 1.807) is 0 Å². The number of aliphatic hydroxyl groups is 1. The summed E-state index contributed by atoms with van der Waals surface area (Å²) in [6.07, 6.45) is 93.1. The first-order valence-corrected chi connectivity index (χ1v) is 43.0. The summed E-state index contributed by atoms with van der Waals surface area (Å²) in [7, 11) is -10.0. The van der Waals surface area contributed by atoms with Gasteiger partial charge in [-0.1, -0.05) is 268 Å². The maximum atomic E-state index is 13.1. The molecule has 0 aliphatic heterocycles. The van der Waals surface area contributed by atoms with Gasteiger partial charge >= 0.3 is 39.5 Å². The molecule has 0 spiro atoms. The second-order valence-electron chi connectivity index (χ2n) is 25.9. The molecule has 0 saturated carbocycles. The molecule has 0 saturated heterocycles. The summed E-state index contributed by atoms with van der Waals surface area (Å²) in [5.74, 6) is -2.33. The number of unbranched alkanes of at least 4 members (excludes halogenated alkanes) is 17. The van der Waals surface area contributed by atoms with Crippen LogP contribution in [0.1, 0.15) is 285 Å². The van der Waals surface area contributed by atoms with Gasteiger partial charge < -0.3 is 33.8 Å². The summed E-state index contributed by atoms with van der Waals surface area (Å²) < 4.78 is 68.5. The van der Waals surface area contributed by atoms with Crippen LogP contribution >= 0.6 is 15.6 Å². The number of carbonyl (C=O) groups excluding carboxylic acids is 4. The van der Waals surface area contributed by atoms with Gasteiger partial charge in [-0.3, -0.25) is 37.3 Å². The first kappa shape index (κ1) is 100. The van der Waals surface area contributed by atoms with Crippen molar-refractivity contribution in [1.29, 1.82) is 0 Å². The Kier molecular flexibility index (Phi) is 73.1. The van der Waals surface area contributed by atoms with Crippen LogP contribution < -0.4 is 0 Å². The van der Waals surface area contributed by atoms with Gasteiger partial charge in [-0.2, -0.15) is 0 Å². The van der Waals surface area contributed by atoms with Crippen LogP contribution in [0.2, 0.25) is 0 Å². The van der Waals surface area contributed by atoms with Crippen molar-refractivity contribution in [3.63, 3.8) is 0 Å². The van der Waals surface area contributed by atoms with E-state index in [1.807, 2.05) is 12.2 Å². The van der Waals surface area contributed by atoms with Crippen molar-refractivity contribution in [1.82, 2.24) is 0 Å². The highest BCUT2D eigenvalue weighted by atomic mass is 31.2. The number of aliphatic hydroxyl groups excluding tert-OH is 1. The predicted molar refractivity (Wildman–Crippen MR) is 436 cm³/mol. The van der Waals surface area contributed by atoms with Crippen molar-refractivity contribution >= 4 is 39.5 Å². The topological polar surface area (TPSA) is 237 Å². The minimum absolute atomic E-state index is 0.0506. The van der Waals surface area contributed by atoms with Crippen LogP contribution in [0.4, 0.5) is 0 Å². The summed E-state index contributed by atoms with van der Waals surface area (Å²) >= 11 is 0. The lowest BCUT2D eigenvalue weighted by Gasteiger charge is -2.21. The molecule has 0 radical (unpaired) electrons. The second-order valence-corrected chi connectivity index (χ2v) is 28.8. The van der Waals surface area contributed by atoms with E-state index in [0.29, 0.717) is 32.1 Å². The van der Waals surface area contributed by atoms with Crippen molar-refractivity contribution < 1.29 is 80.2 Å². The summed E-state index contributed by atoms with van der Waals surface area (Å²) in [4.78, 5) is 73.0. The Hall–Kier alpha value is -5.84. The molecule has 0 aromatic carbocycles. The third-order valence-electron chi connectivity index (χ3n) is 15.8. The highest BCUT2D eigenvalue weighted by Gasteiger charge is 2.30. The number of phosphoric acid groups is 2. The molecule has 0 aliphatic rings. The molecule has 5 atom stereocenters. The van der Waals surface area contributed by atoms with E-state index in [4.69, 9.17) is 37.0 Å². The van der Waals surface area contributed by atoms with Crippen molar-refractivity contribution in [2.45, 2.75) is 303 Å². The summed E-state index contributed by atoms with van der Waals surface area (Å²) in [6.45, 7) is 4.36. The average Bonchev–Trinajstić information content (AvgIpc) is 0.907. The van der Waals surface area contributed by atoms with Crippen LogP contribution in [0.5, 0.6) is 0 Å². The van der Waals surface area contributed by atoms with E-state index in [0.717, 1.165) is 173 Å². The summed E-state index contributed by atoms with van der Waals surface area (Å²) in [5.41, 5.74) is 0. The monoisotopic (exact) mass is 1520 g/mol. The van der Waals surface area contributed by atoms with Crippen molar-refractivity contribution in [2.24, 2.45) is 0 Å². The number of carbonyl (C=O) groups is 4. The molecule has 0 aliphatic carbocycles. The fourth-order valence-electron chi connectivity index (χ4n) is 9.85. The van der Waals surface area contributed by atoms with E-state index in [-0.39, 0.29) is 25.7 Å². The van der Waals surface area contributed by atoms with E-state index in [9.17, 15) is 43.2 Å². The fourth-order valence-corrected chi connectivity index (χ4v) is 11.4. The summed E-state index contributed by atoms with van der Waals surface area (Å²) in [5, 5.41) is 10.6. The minimum Gasteiger partial charge on any atom is -0.462 e. The molecule has 0 fully saturated rings. The number of hydrogen-bond donors (Lipinski definition) is 3. The number of phosphoric ester groups is 2. The highest BCUT2D eigenvalue weighted by Crippen LogP contribution is 2.45. The first-order chi connectivity index (χ1) is 51.7. The minimum atomic E-state index is -5.01. The normalized spacial score (nSPS) is 14.8. The molecule has 17 nitrogen and oxygen atoms in total. The van der Waals surface area contributed by atoms with Crippen LogP contribution in [0.25, 0.3) is 0 Å². The zero-order valence-corrected chi connectivity index (χ0v) is 67.3. The smallest absolute Gasteiger partial charge is 0.462 e. The maximum absolute atomic E-state index is 13.1. The standard InChI is InChI=1S/C87H140O17P2/c1-5-9-13-17-21-25-29-33-36-39-40-43-45-49-52-56-60-64-68-72-85(90)98-78-83(104-87(92)74-70-66-62-58-54-50-46-42-38-35-31-27-23-19-15-11-7-3)80-102-106(95,96)100-76-81(88)75-99-105(93,94)101-79-82(103-86(91)73-69-65-61-57-53-47-32-28-24-20-16-12-8-4)77-97-84(89)71-67-63-59-55-51-48-44-41-37-34-30-26-22-18-14-10-6-2/h9-11,13-15,21-23,25-28,32-38,40,43-44,46,48-50,52,55,59,81-83,88H,5-8,12,16-20,24,29-31,39,41-42,45,47,51,53-54,56-58,60-80H2,1-4H3,(H,93,94)(H,95,96)/b13-9-,14-10-,15-11-,25-21-,26-22-,27-23-,32-28-,36-33-,37-34-,38-35-,43-40-,48-44-,50-46-,52-49-,59-55-. The zero-order valence-electron chi connectivity index (χ0n) is 65.5. The number of ether oxygens (including phenoxy) is 4. The Morgan fingerprint density at radius 1 is 0.274 bits per heavy atom. The number of esters is 4. The molecule has 0 bridgehead atoms. The molecule has 5 unspecified atom stereocenters. The van der Waals surface area contributed by atoms with E-state index in [2.05, 4.69) is 198 Å². The lowest BCUT2D eigenvalue weighted by atomic mass is 10.1. The number of hydrogen-bond acceptors (Lipinski definition) is 15. The van der Waals surface area contributed by atoms with Gasteiger partial charge in [0.15, 0.2) is 12.2 Å². The zero-order chi connectivity index (χ0) is 77.4. The van der Waals surface area contributed by atoms with Crippen LogP contribution in [0, 0.1) is 0 Å². The molecule has 600 valence electrons. The largest absolute Gasteiger partial charge is 0.472 e. The Morgan fingerprint density at radius 2 is 0.500 bits per heavy atom. The van der Waals surface area contributed by atoms with Crippen molar-refractivity contribution in [3.05, 3.63) is 182 Å². The Bertz CT molecular complexity index is 2730. The van der Waals surface area contributed by atoms with Crippen molar-refractivity contribution in [3.8, 4) is 0 Å². The SMILES string of the molecule is CC/C=C\C/C=C\C/C=C\C/C=C\C/C=C\CCCCCC(=O)OCC(COP(=O)(O)OCC(O)COP(=O)(O)OCC(COC(=O)CCC/C=C\C/C=C\C/C=C\C/C=C\C/C=C\CC)OC(=O)CCCCCCC/C=C\CCCCCC)OC(=O)CCCCCC/C=C\C/C=C\C/C=C\C/C=C\CC. The van der Waals surface area contributed by atoms with Gasteiger partial charge in [0.25, 0.3) is 0 Å². The fraction of sp³-hybridized carbons (Fsp3) is 0.609. The molecule has 0 rings (SSSR count). The molecule has 3 N–H and O–H groups in total. The second kappa shape index (κ2) is 77.3. The Labute approximate surface area is 641 Å². The number of rotatable bonds is 73. The van der Waals surface area contributed by atoms with Crippen LogP contribution in [0.15, 0.2) is 182 Å². The van der Waals surface area contributed by atoms with Gasteiger partial charge in [0, 0.05) is 25.7 Å². The molecule has 19 heteroatoms. The van der Waals surface area contributed by atoms with E-state index >= 15 is 0 Å². The van der Waals surface area contributed by atoms with Crippen LogP contribution in [0.3, 0.4) is 0 Å². The summed E-state index contributed by atoms with van der Waals surface area (Å²) in [6, 6.07) is 0. The molecule has 0 amide bonds. The highest BCUT2D eigenvalue weighted by molar-refractivity contribution is 7.47. The van der Waals surface area contributed by atoms with Gasteiger partial charge in [0.2, 0.25) is 0 Å². The third kappa shape index (κ3) is 76.4. The molecule has 106 heavy (non-hydrogen) atoms. The lowest BCUT2D eigenvalue weighted by molar-refractivity contribution is -0.161. The quantitative estimate of drug-likeness (QED) is 0.0169. The average molecular weight is 1520 g/mol.